The molecule has 0 aliphatic carbocycles. The fraction of sp³-hybridized carbons (Fsp3) is 0.400. The fourth-order valence-corrected chi connectivity index (χ4v) is 0.341. The molecule has 0 fully saturated rings. The van der Waals surface area contributed by atoms with E-state index in [-0.39, 0.29) is 11.7 Å². The predicted molar refractivity (Wildman–Crippen MR) is 29.2 cm³/mol. The molecule has 0 aliphatic rings. The molecule has 0 amide bonds. The van der Waals surface area contributed by atoms with Gasteiger partial charge in [-0.25, -0.2) is 0 Å². The van der Waals surface area contributed by atoms with Gasteiger partial charge in [0.05, 0.1) is 15.9 Å². The number of hydrogen-bond acceptors (Lipinski definition) is 2. The number of nitrogens with zero attached hydrogens (tertiary/aromatic N) is 1. The van der Waals surface area contributed by atoms with E-state index in [9.17, 15) is 0 Å². The summed E-state index contributed by atoms with van der Waals surface area (Å²) in [6, 6.07) is -0.384. The number of rotatable bonds is 1. The number of aliphatic hydroxyl groups is 1. The zero-order chi connectivity index (χ0) is 9.52. The van der Waals surface area contributed by atoms with Crippen molar-refractivity contribution >= 4 is 0 Å². The van der Waals surface area contributed by atoms with E-state index < -0.39 is 12.3 Å². The summed E-state index contributed by atoms with van der Waals surface area (Å²) in [5.74, 6) is 0. The van der Waals surface area contributed by atoms with Crippen LogP contribution in [-0.4, -0.2) is 15.3 Å². The topological polar surface area (TPSA) is 48.9 Å². The number of aromatic nitrogens is 2. The molecular weight excluding hydrogens is 104 g/mol. The summed E-state index contributed by atoms with van der Waals surface area (Å²) in [5.41, 5.74) is -0.299. The lowest BCUT2D eigenvalue weighted by molar-refractivity contribution is 0.194. The quantitative estimate of drug-likeness (QED) is 0.560. The second-order valence-corrected chi connectivity index (χ2v) is 1.37. The highest BCUT2D eigenvalue weighted by Crippen LogP contribution is 2.04. The molecule has 2 N–H and O–H groups in total. The summed E-state index contributed by atoms with van der Waals surface area (Å²) in [6.07, 6.45) is -2.46. The van der Waals surface area contributed by atoms with Crippen molar-refractivity contribution < 1.29 is 10.6 Å². The molecule has 1 heterocycles. The number of nitrogens with one attached hydrogen (secondary N) is 1. The van der Waals surface area contributed by atoms with Crippen LogP contribution in [0.2, 0.25) is 1.41 Å². The maximum Gasteiger partial charge on any atom is 0.190 e. The molecule has 1 aromatic rings. The predicted octanol–water partition coefficient (Wildman–Crippen LogP) is 0.463. The highest BCUT2D eigenvalue weighted by molar-refractivity contribution is 4.99. The Labute approximate surface area is 53.0 Å². The van der Waals surface area contributed by atoms with Crippen LogP contribution < -0.4 is 0 Å². The summed E-state index contributed by atoms with van der Waals surface area (Å²) in [4.78, 5) is 0. The standard InChI is InChI=1S/C5H8N2O/c1-4(8)5-2-3-6-7-5/h2-4,8H,1H3,(H,6,7)/i2D,3D,4D/hD. The van der Waals surface area contributed by atoms with E-state index in [0.29, 0.717) is 5.09 Å². The molecule has 0 saturated carbocycles. The Morgan fingerprint density at radius 2 is 3.12 bits per heavy atom. The van der Waals surface area contributed by atoms with Crippen LogP contribution in [0.25, 0.3) is 0 Å². The molecule has 0 aliphatic heterocycles. The Bertz CT molecular complexity index is 303. The van der Waals surface area contributed by atoms with Crippen molar-refractivity contribution in [2.24, 2.45) is 0 Å². The Balaban J connectivity index is 3.32. The van der Waals surface area contributed by atoms with E-state index in [1.54, 1.807) is 0 Å². The Hall–Kier alpha value is -0.830. The molecular formula is C5H8N2O. The minimum atomic E-state index is -2.05. The van der Waals surface area contributed by atoms with Crippen molar-refractivity contribution in [1.29, 1.82) is 0 Å². The summed E-state index contributed by atoms with van der Waals surface area (Å²) in [5, 5.41) is 12.8. The van der Waals surface area contributed by atoms with E-state index in [4.69, 9.17) is 10.6 Å². The van der Waals surface area contributed by atoms with Crippen LogP contribution >= 0.6 is 0 Å². The third-order valence-corrected chi connectivity index (χ3v) is 0.717. The van der Waals surface area contributed by atoms with Gasteiger partial charge in [-0.2, -0.15) is 5.10 Å². The van der Waals surface area contributed by atoms with E-state index in [1.807, 2.05) is 0 Å². The molecule has 0 bridgehead atoms. The smallest absolute Gasteiger partial charge is 0.190 e. The molecule has 1 aromatic heterocycles. The van der Waals surface area contributed by atoms with Gasteiger partial charge in [0.1, 0.15) is 0 Å². The van der Waals surface area contributed by atoms with Gasteiger partial charge in [-0.05, 0) is 13.0 Å². The normalized spacial score (nSPS) is 24.8. The van der Waals surface area contributed by atoms with Crippen molar-refractivity contribution in [2.45, 2.75) is 13.0 Å². The average molecular weight is 116 g/mol. The SMILES string of the molecule is [2H]c1nn([2H])c(C([2H])(C)O)c1[2H]. The minimum absolute atomic E-state index is 0.299. The fourth-order valence-electron chi connectivity index (χ4n) is 0.341. The lowest BCUT2D eigenvalue weighted by Crippen LogP contribution is -1.89. The van der Waals surface area contributed by atoms with Crippen molar-refractivity contribution in [2.75, 3.05) is 0 Å². The first-order valence-corrected chi connectivity index (χ1v) is 2.12. The van der Waals surface area contributed by atoms with Crippen LogP contribution in [0, 0.1) is 0 Å². The molecule has 44 valence electrons. The van der Waals surface area contributed by atoms with Gasteiger partial charge in [0.15, 0.2) is 1.41 Å². The van der Waals surface area contributed by atoms with Gasteiger partial charge in [-0.3, -0.25) is 5.09 Å². The van der Waals surface area contributed by atoms with E-state index in [0.717, 1.165) is 6.92 Å². The molecule has 1 rings (SSSR count). The summed E-state index contributed by atoms with van der Waals surface area (Å²) in [7, 11) is 0. The van der Waals surface area contributed by atoms with Crippen LogP contribution in [0.15, 0.2) is 12.2 Å². The van der Waals surface area contributed by atoms with Crippen molar-refractivity contribution in [1.82, 2.24) is 10.2 Å². The summed E-state index contributed by atoms with van der Waals surface area (Å²) < 4.78 is 28.4. The van der Waals surface area contributed by atoms with Crippen molar-refractivity contribution in [3.63, 3.8) is 0 Å². The monoisotopic (exact) mass is 116 g/mol. The molecule has 0 radical (unpaired) electrons. The largest absolute Gasteiger partial charge is 0.387 e. The first-order valence-electron chi connectivity index (χ1n) is 4.07. The lowest BCUT2D eigenvalue weighted by Gasteiger charge is -1.95. The second-order valence-electron chi connectivity index (χ2n) is 1.37. The van der Waals surface area contributed by atoms with Gasteiger partial charge in [0.2, 0.25) is 0 Å². The van der Waals surface area contributed by atoms with E-state index in [1.165, 1.54) is 0 Å². The highest BCUT2D eigenvalue weighted by Gasteiger charge is 1.97. The molecule has 1 unspecified atom stereocenters. The number of H-pyrrole nitrogens is 1. The van der Waals surface area contributed by atoms with Gasteiger partial charge in [-0.1, -0.05) is 0 Å². The third kappa shape index (κ3) is 0.869. The maximum atomic E-state index is 9.15. The van der Waals surface area contributed by atoms with E-state index >= 15 is 0 Å². The summed E-state index contributed by atoms with van der Waals surface area (Å²) >= 11 is 0. The van der Waals surface area contributed by atoms with Crippen LogP contribution in [-0.2, 0) is 0 Å². The molecule has 3 nitrogen and oxygen atoms in total. The van der Waals surface area contributed by atoms with Gasteiger partial charge in [0.25, 0.3) is 0 Å². The van der Waals surface area contributed by atoms with Crippen LogP contribution in [0.5, 0.6) is 0 Å². The van der Waals surface area contributed by atoms with Crippen LogP contribution in [0.3, 0.4) is 0 Å². The van der Waals surface area contributed by atoms with Gasteiger partial charge < -0.3 is 5.11 Å². The highest BCUT2D eigenvalue weighted by atomic mass is 16.3. The van der Waals surface area contributed by atoms with Crippen molar-refractivity contribution in [3.8, 4) is 0 Å². The van der Waals surface area contributed by atoms with Crippen LogP contribution in [0.1, 0.15) is 22.8 Å². The van der Waals surface area contributed by atoms with Gasteiger partial charge in [-0.15, -0.1) is 0 Å². The zero-order valence-electron chi connectivity index (χ0n) is 8.34. The number of aromatic amines is 1. The molecule has 3 heteroatoms. The second kappa shape index (κ2) is 1.96. The lowest BCUT2D eigenvalue weighted by atomic mass is 10.3. The molecule has 0 spiro atoms. The number of hydrogen-bond donors (Lipinski definition) is 2. The molecule has 8 heavy (non-hydrogen) atoms. The molecule has 1 atom stereocenters. The van der Waals surface area contributed by atoms with Gasteiger partial charge in [0, 0.05) is 6.17 Å². The molecule has 0 saturated heterocycles. The summed E-state index contributed by atoms with van der Waals surface area (Å²) in [6.45, 7) is 1.12. The van der Waals surface area contributed by atoms with Crippen molar-refractivity contribution in [3.05, 3.63) is 17.9 Å². The van der Waals surface area contributed by atoms with Crippen LogP contribution in [0.4, 0.5) is 0 Å². The maximum absolute atomic E-state index is 9.15. The Kier molecular flexibility index (Phi) is 0.536. The van der Waals surface area contributed by atoms with E-state index in [2.05, 4.69) is 5.10 Å². The minimum Gasteiger partial charge on any atom is -0.387 e. The zero-order valence-corrected chi connectivity index (χ0v) is 4.34. The third-order valence-electron chi connectivity index (χ3n) is 0.717. The average Bonchev–Trinajstić information content (AvgIpc) is 2.05. The first kappa shape index (κ1) is 2.19. The first-order chi connectivity index (χ1) is 5.34. The Morgan fingerprint density at radius 3 is 3.38 bits per heavy atom. The molecule has 0 aromatic carbocycles. The Morgan fingerprint density at radius 1 is 2.38 bits per heavy atom. The van der Waals surface area contributed by atoms with Gasteiger partial charge >= 0.3 is 0 Å².